The molecule has 1 aliphatic rings. The van der Waals surface area contributed by atoms with Crippen molar-refractivity contribution in [2.45, 2.75) is 31.8 Å². The molecule has 4 heteroatoms. The van der Waals surface area contributed by atoms with Crippen molar-refractivity contribution in [1.29, 1.82) is 0 Å². The third-order valence-corrected chi connectivity index (χ3v) is 1.21. The van der Waals surface area contributed by atoms with Gasteiger partial charge in [-0.25, -0.2) is 0 Å². The molecule has 1 fully saturated rings. The summed E-state index contributed by atoms with van der Waals surface area (Å²) < 4.78 is 7.38. The van der Waals surface area contributed by atoms with E-state index in [0.717, 1.165) is 12.8 Å². The molecule has 1 aliphatic carbocycles. The van der Waals surface area contributed by atoms with Crippen molar-refractivity contribution >= 4 is 18.3 Å². The van der Waals surface area contributed by atoms with Gasteiger partial charge in [-0.1, -0.05) is 0 Å². The van der Waals surface area contributed by atoms with E-state index >= 15 is 0 Å². The van der Waals surface area contributed by atoms with Crippen molar-refractivity contribution in [2.75, 3.05) is 0 Å². The first-order valence-corrected chi connectivity index (χ1v) is 3.11. The molecule has 1 amide bonds. The van der Waals surface area contributed by atoms with Crippen molar-refractivity contribution < 1.29 is 6.17 Å². The van der Waals surface area contributed by atoms with Gasteiger partial charge in [0.25, 0.3) is 0 Å². The van der Waals surface area contributed by atoms with Crippen LogP contribution in [0.2, 0.25) is 0 Å². The normalized spacial score (nSPS) is 23.6. The highest BCUT2D eigenvalue weighted by Gasteiger charge is 2.24. The number of amides is 1. The molecule has 0 heterocycles. The first kappa shape index (κ1) is 7.82. The van der Waals surface area contributed by atoms with Gasteiger partial charge in [0, 0.05) is 6.02 Å². The van der Waals surface area contributed by atoms with Crippen molar-refractivity contribution in [1.82, 2.24) is 5.32 Å². The van der Waals surface area contributed by atoms with Gasteiger partial charge in [0.1, 0.15) is 0 Å². The van der Waals surface area contributed by atoms with Crippen molar-refractivity contribution in [3.05, 3.63) is 0 Å². The van der Waals surface area contributed by atoms with Crippen LogP contribution in [-0.4, -0.2) is 18.0 Å². The largest absolute Gasteiger partial charge is 0.352 e. The molecule has 1 atom stereocenters. The summed E-state index contributed by atoms with van der Waals surface area (Å²) in [6.45, 7) is 1.61. The molecule has 1 saturated carbocycles. The van der Waals surface area contributed by atoms with Gasteiger partial charge in [0.15, 0.2) is 0 Å². The number of hydrogen-bond donors (Lipinski definition) is 2. The highest BCUT2D eigenvalue weighted by molar-refractivity contribution is 5.85. The molecular formula is C6H13ClN2O. The summed E-state index contributed by atoms with van der Waals surface area (Å²) in [7, 11) is 0. The SMILES string of the molecule is Cl.[2H]C1(NC(=O)[C@H](C)N)CC1. The molecule has 0 bridgehead atoms. The van der Waals surface area contributed by atoms with Crippen LogP contribution in [0.1, 0.15) is 21.1 Å². The molecule has 0 unspecified atom stereocenters. The fourth-order valence-electron chi connectivity index (χ4n) is 0.476. The molecule has 10 heavy (non-hydrogen) atoms. The highest BCUT2D eigenvalue weighted by atomic mass is 35.5. The Hall–Kier alpha value is -0.280. The van der Waals surface area contributed by atoms with Crippen molar-refractivity contribution in [3.8, 4) is 0 Å². The number of rotatable bonds is 2. The summed E-state index contributed by atoms with van der Waals surface area (Å²) in [6, 6.07) is -1.17. The van der Waals surface area contributed by atoms with Gasteiger partial charge in [0.2, 0.25) is 5.91 Å². The summed E-state index contributed by atoms with van der Waals surface area (Å²) in [5, 5.41) is 2.53. The van der Waals surface area contributed by atoms with Crippen LogP contribution in [0.5, 0.6) is 0 Å². The first-order valence-electron chi connectivity index (χ1n) is 3.61. The minimum Gasteiger partial charge on any atom is -0.352 e. The van der Waals surface area contributed by atoms with Gasteiger partial charge in [-0.15, -0.1) is 12.4 Å². The number of hydrogen-bond acceptors (Lipinski definition) is 2. The fourth-order valence-corrected chi connectivity index (χ4v) is 0.476. The lowest BCUT2D eigenvalue weighted by Gasteiger charge is -2.04. The van der Waals surface area contributed by atoms with Gasteiger partial charge in [-0.05, 0) is 19.8 Å². The fraction of sp³-hybridized carbons (Fsp3) is 0.833. The Labute approximate surface area is 68.2 Å². The van der Waals surface area contributed by atoms with Crippen molar-refractivity contribution in [3.63, 3.8) is 0 Å². The Morgan fingerprint density at radius 1 is 1.90 bits per heavy atom. The Morgan fingerprint density at radius 2 is 2.40 bits per heavy atom. The van der Waals surface area contributed by atoms with Crippen LogP contribution in [0, 0.1) is 0 Å². The molecule has 0 saturated heterocycles. The maximum absolute atomic E-state index is 10.8. The van der Waals surface area contributed by atoms with Gasteiger partial charge in [0.05, 0.1) is 7.41 Å². The zero-order valence-electron chi connectivity index (χ0n) is 6.89. The van der Waals surface area contributed by atoms with Gasteiger partial charge in [-0.2, -0.15) is 0 Å². The summed E-state index contributed by atoms with van der Waals surface area (Å²) in [5.74, 6) is -0.229. The zero-order chi connectivity index (χ0) is 7.78. The molecule has 0 radical (unpaired) electrons. The van der Waals surface area contributed by atoms with E-state index in [0.29, 0.717) is 0 Å². The number of carbonyl (C=O) groups is 1. The van der Waals surface area contributed by atoms with Crippen molar-refractivity contribution in [2.24, 2.45) is 5.73 Å². The average molecular weight is 166 g/mol. The van der Waals surface area contributed by atoms with Crippen LogP contribution < -0.4 is 11.1 Å². The maximum Gasteiger partial charge on any atom is 0.236 e. The number of carbonyl (C=O) groups excluding carboxylic acids is 1. The van der Waals surface area contributed by atoms with Crippen LogP contribution >= 0.6 is 12.4 Å². The van der Waals surface area contributed by atoms with E-state index in [1.807, 2.05) is 0 Å². The first-order chi connectivity index (χ1) is 4.53. The van der Waals surface area contributed by atoms with Crippen LogP contribution in [0.3, 0.4) is 0 Å². The topological polar surface area (TPSA) is 55.1 Å². The van der Waals surface area contributed by atoms with Crippen LogP contribution in [0.4, 0.5) is 0 Å². The summed E-state index contributed by atoms with van der Waals surface area (Å²) in [6.07, 6.45) is 1.51. The lowest BCUT2D eigenvalue weighted by Crippen LogP contribution is -2.39. The Morgan fingerprint density at radius 3 is 2.70 bits per heavy atom. The summed E-state index contributed by atoms with van der Waals surface area (Å²) >= 11 is 0. The Kier molecular flexibility index (Phi) is 2.96. The van der Waals surface area contributed by atoms with Crippen LogP contribution in [-0.2, 0) is 4.79 Å². The second-order valence-corrected chi connectivity index (χ2v) is 2.38. The highest BCUT2D eigenvalue weighted by Crippen LogP contribution is 2.18. The van der Waals surface area contributed by atoms with E-state index in [4.69, 9.17) is 7.10 Å². The van der Waals surface area contributed by atoms with Gasteiger partial charge < -0.3 is 11.1 Å². The number of nitrogens with two attached hydrogens (primary N) is 1. The van der Waals surface area contributed by atoms with E-state index in [2.05, 4.69) is 5.32 Å². The summed E-state index contributed by atoms with van der Waals surface area (Å²) in [4.78, 5) is 10.8. The van der Waals surface area contributed by atoms with E-state index < -0.39 is 12.1 Å². The molecule has 60 valence electrons. The van der Waals surface area contributed by atoms with E-state index in [1.54, 1.807) is 6.92 Å². The molecule has 0 aliphatic heterocycles. The average Bonchev–Trinajstić information content (AvgIpc) is 2.47. The third kappa shape index (κ3) is 3.03. The second-order valence-electron chi connectivity index (χ2n) is 2.38. The van der Waals surface area contributed by atoms with Gasteiger partial charge in [-0.3, -0.25) is 4.79 Å². The maximum atomic E-state index is 10.8. The zero-order valence-corrected chi connectivity index (χ0v) is 6.70. The standard InChI is InChI=1S/C6H12N2O.ClH/c1-4(7)6(9)8-5-2-3-5;/h4-5H,2-3,7H2,1H3,(H,8,9);1H/t4-;/m0./s1/i5D;. The quantitative estimate of drug-likeness (QED) is 0.607. The lowest BCUT2D eigenvalue weighted by atomic mass is 10.3. The summed E-state index contributed by atoms with van der Waals surface area (Å²) in [5.41, 5.74) is 5.28. The number of nitrogens with one attached hydrogen (secondary N) is 1. The predicted octanol–water partition coefficient (Wildman–Crippen LogP) is 0.0340. The van der Waals surface area contributed by atoms with E-state index in [1.165, 1.54) is 0 Å². The van der Waals surface area contributed by atoms with E-state index in [-0.39, 0.29) is 18.3 Å². The smallest absolute Gasteiger partial charge is 0.236 e. The molecule has 0 spiro atoms. The Bertz CT molecular complexity index is 159. The van der Waals surface area contributed by atoms with Crippen LogP contribution in [0.25, 0.3) is 0 Å². The van der Waals surface area contributed by atoms with Gasteiger partial charge >= 0.3 is 0 Å². The second kappa shape index (κ2) is 3.78. The Balaban J connectivity index is 0.000001000. The molecule has 3 N–H and O–H groups in total. The minimum atomic E-state index is -0.676. The molecule has 1 rings (SSSR count). The molecule has 0 aromatic carbocycles. The monoisotopic (exact) mass is 165 g/mol. The van der Waals surface area contributed by atoms with E-state index in [9.17, 15) is 4.79 Å². The lowest BCUT2D eigenvalue weighted by molar-refractivity contribution is -0.122. The molecule has 0 aromatic heterocycles. The third-order valence-electron chi connectivity index (χ3n) is 1.21. The van der Waals surface area contributed by atoms with Crippen LogP contribution in [0.15, 0.2) is 0 Å². The predicted molar refractivity (Wildman–Crippen MR) is 42.1 cm³/mol. The minimum absolute atomic E-state index is 0. The molecule has 0 aromatic rings. The molecule has 3 nitrogen and oxygen atoms in total. The molecular weight excluding hydrogens is 152 g/mol. The number of halogens is 1.